The molecule has 10 heteroatoms. The van der Waals surface area contributed by atoms with Crippen LogP contribution in [0, 0.1) is 30.0 Å². The molecule has 3 aliphatic heterocycles. The smallest absolute Gasteiger partial charge is 0.319 e. The Balaban J connectivity index is 1.27. The van der Waals surface area contributed by atoms with E-state index in [0.717, 1.165) is 19.4 Å². The average Bonchev–Trinajstić information content (AvgIpc) is 3.55. The van der Waals surface area contributed by atoms with E-state index < -0.39 is 35.3 Å². The number of alkyl halides is 3. The minimum absolute atomic E-state index is 0.0255. The zero-order valence-corrected chi connectivity index (χ0v) is 24.6. The van der Waals surface area contributed by atoms with E-state index >= 15 is 4.39 Å². The van der Waals surface area contributed by atoms with Crippen LogP contribution < -0.4 is 9.64 Å². The molecule has 2 bridgehead atoms. The molecule has 45 heavy (non-hydrogen) atoms. The maximum Gasteiger partial charge on any atom is 0.319 e. The van der Waals surface area contributed by atoms with E-state index in [-0.39, 0.29) is 42.5 Å². The molecular weight excluding hydrogens is 584 g/mol. The minimum atomic E-state index is -2.75. The summed E-state index contributed by atoms with van der Waals surface area (Å²) in [7, 11) is 0. The number of hydrogen-bond acceptors (Lipinski definition) is 6. The summed E-state index contributed by atoms with van der Waals surface area (Å²) < 4.78 is 67.2. The van der Waals surface area contributed by atoms with Gasteiger partial charge in [0.1, 0.15) is 29.9 Å². The number of halogens is 4. The first kappa shape index (κ1) is 28.4. The summed E-state index contributed by atoms with van der Waals surface area (Å²) in [5.41, 5.74) is 0.612. The molecule has 4 aliphatic rings. The molecule has 8 rings (SSSR count). The number of rotatable bonds is 5. The van der Waals surface area contributed by atoms with Gasteiger partial charge >= 0.3 is 6.01 Å². The van der Waals surface area contributed by atoms with Crippen molar-refractivity contribution in [3.8, 4) is 35.2 Å². The molecule has 1 aromatic heterocycles. The van der Waals surface area contributed by atoms with Crippen LogP contribution in [0.25, 0.3) is 32.8 Å². The van der Waals surface area contributed by atoms with Gasteiger partial charge in [-0.05, 0) is 67.4 Å². The Morgan fingerprint density at radius 1 is 1.04 bits per heavy atom. The van der Waals surface area contributed by atoms with E-state index in [2.05, 4.69) is 15.8 Å². The second-order valence-corrected chi connectivity index (χ2v) is 13.1. The third-order valence-corrected chi connectivity index (χ3v) is 10.5. The number of piperidine rings is 1. The molecule has 3 saturated heterocycles. The van der Waals surface area contributed by atoms with Crippen LogP contribution in [0.1, 0.15) is 37.7 Å². The summed E-state index contributed by atoms with van der Waals surface area (Å²) in [5, 5.41) is 12.2. The molecule has 3 aromatic carbocycles. The Bertz CT molecular complexity index is 1880. The Kier molecular flexibility index (Phi) is 6.44. The van der Waals surface area contributed by atoms with Crippen LogP contribution in [0.15, 0.2) is 42.5 Å². The maximum absolute atomic E-state index is 16.8. The van der Waals surface area contributed by atoms with Crippen molar-refractivity contribution in [1.29, 1.82) is 0 Å². The van der Waals surface area contributed by atoms with Crippen molar-refractivity contribution in [3.05, 3.63) is 53.8 Å². The number of hydrogen-bond donors (Lipinski definition) is 1. The zero-order chi connectivity index (χ0) is 31.1. The standard InChI is InChI=1S/C35H32F4N4O2/c1-2-20-5-3-6-21-13-25(44)14-28(29(20)21)26-9-10-27-31(30(26)37)40-33(45-19-34-11-4-12-43(34)18-24(36)15-34)41-32(27)42-16-22-7-8-23(17-42)35(22,38)39/h1,3,5-6,9-10,13-14,22-24,44H,4,7-8,11-12,15-19H2/t22-,23+,24-,34+/m1/s1. The van der Waals surface area contributed by atoms with Gasteiger partial charge in [-0.3, -0.25) is 4.90 Å². The molecule has 232 valence electrons. The Labute approximate surface area is 258 Å². The fourth-order valence-corrected chi connectivity index (χ4v) is 8.36. The summed E-state index contributed by atoms with van der Waals surface area (Å²) in [6, 6.07) is 11.6. The van der Waals surface area contributed by atoms with Gasteiger partial charge in [-0.1, -0.05) is 24.1 Å². The number of ether oxygens (including phenoxy) is 1. The summed E-state index contributed by atoms with van der Waals surface area (Å²) in [6.45, 7) is 1.46. The predicted octanol–water partition coefficient (Wildman–Crippen LogP) is 6.71. The lowest BCUT2D eigenvalue weighted by molar-refractivity contribution is -0.0830. The van der Waals surface area contributed by atoms with Crippen LogP contribution in [0.5, 0.6) is 11.8 Å². The number of fused-ring (bicyclic) bond motifs is 5. The average molecular weight is 617 g/mol. The van der Waals surface area contributed by atoms with Gasteiger partial charge in [0, 0.05) is 59.8 Å². The highest BCUT2D eigenvalue weighted by Gasteiger charge is 2.56. The van der Waals surface area contributed by atoms with E-state index in [1.165, 1.54) is 6.07 Å². The first-order chi connectivity index (χ1) is 21.7. The van der Waals surface area contributed by atoms with Crippen molar-refractivity contribution in [2.75, 3.05) is 37.7 Å². The van der Waals surface area contributed by atoms with Crippen LogP contribution in [-0.2, 0) is 0 Å². The highest BCUT2D eigenvalue weighted by Crippen LogP contribution is 2.50. The second kappa shape index (κ2) is 10.2. The van der Waals surface area contributed by atoms with Gasteiger partial charge in [-0.25, -0.2) is 17.6 Å². The third kappa shape index (κ3) is 4.42. The van der Waals surface area contributed by atoms with Crippen molar-refractivity contribution in [2.24, 2.45) is 11.8 Å². The number of aromatic nitrogens is 2. The first-order valence-corrected chi connectivity index (χ1v) is 15.5. The first-order valence-electron chi connectivity index (χ1n) is 15.5. The lowest BCUT2D eigenvalue weighted by Gasteiger charge is -2.38. The van der Waals surface area contributed by atoms with Crippen molar-refractivity contribution >= 4 is 27.5 Å². The number of benzene rings is 3. The molecule has 4 atom stereocenters. The molecule has 0 spiro atoms. The fourth-order valence-electron chi connectivity index (χ4n) is 8.36. The van der Waals surface area contributed by atoms with Gasteiger partial charge in [0.15, 0.2) is 5.82 Å². The van der Waals surface area contributed by atoms with Crippen LogP contribution in [-0.4, -0.2) is 70.4 Å². The van der Waals surface area contributed by atoms with Crippen LogP contribution in [0.2, 0.25) is 0 Å². The number of anilines is 1. The van der Waals surface area contributed by atoms with E-state index in [0.29, 0.717) is 58.9 Å². The van der Waals surface area contributed by atoms with E-state index in [1.54, 1.807) is 36.4 Å². The molecule has 4 aromatic rings. The maximum atomic E-state index is 16.8. The van der Waals surface area contributed by atoms with Crippen molar-refractivity contribution in [1.82, 2.24) is 14.9 Å². The van der Waals surface area contributed by atoms with E-state index in [4.69, 9.17) is 16.1 Å². The van der Waals surface area contributed by atoms with Gasteiger partial charge in [0.25, 0.3) is 5.92 Å². The van der Waals surface area contributed by atoms with E-state index in [9.17, 15) is 18.3 Å². The monoisotopic (exact) mass is 616 g/mol. The predicted molar refractivity (Wildman–Crippen MR) is 164 cm³/mol. The highest BCUT2D eigenvalue weighted by atomic mass is 19.3. The van der Waals surface area contributed by atoms with Crippen LogP contribution >= 0.6 is 0 Å². The molecule has 0 radical (unpaired) electrons. The van der Waals surface area contributed by atoms with E-state index in [1.807, 2.05) is 4.90 Å². The summed E-state index contributed by atoms with van der Waals surface area (Å²) in [4.78, 5) is 13.2. The Hall–Kier alpha value is -4.10. The molecule has 1 saturated carbocycles. The molecule has 1 aliphatic carbocycles. The normalized spacial score (nSPS) is 27.3. The lowest BCUT2D eigenvalue weighted by Crippen LogP contribution is -2.49. The van der Waals surface area contributed by atoms with Crippen LogP contribution in [0.4, 0.5) is 23.4 Å². The summed E-state index contributed by atoms with van der Waals surface area (Å²) in [5.74, 6) is -2.11. The molecule has 4 fully saturated rings. The topological polar surface area (TPSA) is 61.7 Å². The zero-order valence-electron chi connectivity index (χ0n) is 24.6. The minimum Gasteiger partial charge on any atom is -0.508 e. The molecule has 0 unspecified atom stereocenters. The molecular formula is C35H32F4N4O2. The van der Waals surface area contributed by atoms with Crippen molar-refractivity contribution in [2.45, 2.75) is 49.7 Å². The van der Waals surface area contributed by atoms with Gasteiger partial charge < -0.3 is 14.7 Å². The van der Waals surface area contributed by atoms with Gasteiger partial charge in [-0.2, -0.15) is 9.97 Å². The number of terminal acetylenes is 1. The largest absolute Gasteiger partial charge is 0.508 e. The number of nitrogens with zero attached hydrogens (tertiary/aromatic N) is 4. The molecule has 6 nitrogen and oxygen atoms in total. The van der Waals surface area contributed by atoms with Gasteiger partial charge in [0.05, 0.1) is 5.54 Å². The Morgan fingerprint density at radius 2 is 1.84 bits per heavy atom. The fraction of sp³-hybridized carbons (Fsp3) is 0.429. The SMILES string of the molecule is C#Cc1cccc2cc(O)cc(-c3ccc4c(N5C[C@H]6CC[C@@H](C5)C6(F)F)nc(OC[C@@]56CCCN5C[C@H](F)C6)nc4c3F)c12. The Morgan fingerprint density at radius 3 is 2.62 bits per heavy atom. The van der Waals surface area contributed by atoms with Gasteiger partial charge in [-0.15, -0.1) is 6.42 Å². The number of phenolic OH excluding ortho intramolecular Hbond substituents is 1. The molecule has 4 heterocycles. The van der Waals surface area contributed by atoms with Crippen molar-refractivity contribution in [3.63, 3.8) is 0 Å². The molecule has 0 amide bonds. The quantitative estimate of drug-likeness (QED) is 0.199. The molecule has 1 N–H and O–H groups in total. The summed E-state index contributed by atoms with van der Waals surface area (Å²) >= 11 is 0. The second-order valence-electron chi connectivity index (χ2n) is 13.1. The number of aromatic hydroxyl groups is 1. The van der Waals surface area contributed by atoms with Crippen molar-refractivity contribution < 1.29 is 27.4 Å². The van der Waals surface area contributed by atoms with Crippen LogP contribution in [0.3, 0.4) is 0 Å². The highest BCUT2D eigenvalue weighted by molar-refractivity contribution is 6.04. The van der Waals surface area contributed by atoms with Gasteiger partial charge in [0.2, 0.25) is 0 Å². The number of phenols is 1. The summed E-state index contributed by atoms with van der Waals surface area (Å²) in [6.07, 6.45) is 7.75. The lowest BCUT2D eigenvalue weighted by atomic mass is 9.92. The third-order valence-electron chi connectivity index (χ3n) is 10.5.